The molecular weight excluding hydrogens is 334 g/mol. The third-order valence-corrected chi connectivity index (χ3v) is 4.50. The molecule has 3 rings (SSSR count). The van der Waals surface area contributed by atoms with Crippen molar-refractivity contribution in [2.75, 3.05) is 20.8 Å². The summed E-state index contributed by atoms with van der Waals surface area (Å²) in [5.41, 5.74) is 2.39. The van der Waals surface area contributed by atoms with Gasteiger partial charge in [-0.25, -0.2) is 9.59 Å². The zero-order valence-electron chi connectivity index (χ0n) is 14.6. The van der Waals surface area contributed by atoms with Gasteiger partial charge in [-0.1, -0.05) is 30.3 Å². The van der Waals surface area contributed by atoms with E-state index in [-0.39, 0.29) is 11.5 Å². The average Bonchev–Trinajstić information content (AvgIpc) is 2.71. The molecule has 0 fully saturated rings. The molecule has 134 valence electrons. The zero-order valence-corrected chi connectivity index (χ0v) is 14.6. The zero-order chi connectivity index (χ0) is 18.7. The first kappa shape index (κ1) is 17.7. The minimum Gasteiger partial charge on any atom is -0.467 e. The second-order valence-corrected chi connectivity index (χ2v) is 5.95. The first-order valence-electron chi connectivity index (χ1n) is 8.21. The topological polar surface area (TPSA) is 72.9 Å². The number of fused-ring (bicyclic) bond motifs is 1. The lowest BCUT2D eigenvalue weighted by Gasteiger charge is -2.35. The van der Waals surface area contributed by atoms with Gasteiger partial charge >= 0.3 is 11.9 Å². The van der Waals surface area contributed by atoms with Gasteiger partial charge in [0.1, 0.15) is 0 Å². The highest BCUT2D eigenvalue weighted by Gasteiger charge is 2.37. The maximum atomic E-state index is 13.1. The lowest BCUT2D eigenvalue weighted by Crippen LogP contribution is -2.44. The van der Waals surface area contributed by atoms with E-state index >= 15 is 0 Å². The smallest absolute Gasteiger partial charge is 0.337 e. The monoisotopic (exact) mass is 353 g/mol. The van der Waals surface area contributed by atoms with E-state index in [1.807, 2.05) is 24.3 Å². The Balaban J connectivity index is 1.98. The van der Waals surface area contributed by atoms with Gasteiger partial charge in [-0.2, -0.15) is 0 Å². The van der Waals surface area contributed by atoms with Crippen LogP contribution in [0.15, 0.2) is 48.5 Å². The SMILES string of the molecule is COC(=O)c1cccc(C(=O)N2CCc3ccccc3[C@H]2C(=O)OC)c1. The molecule has 2 aromatic carbocycles. The summed E-state index contributed by atoms with van der Waals surface area (Å²) in [6.07, 6.45) is 0.645. The van der Waals surface area contributed by atoms with Crippen molar-refractivity contribution in [3.05, 3.63) is 70.8 Å². The van der Waals surface area contributed by atoms with Crippen molar-refractivity contribution in [1.29, 1.82) is 0 Å². The number of hydrogen-bond acceptors (Lipinski definition) is 5. The van der Waals surface area contributed by atoms with Gasteiger partial charge in [0, 0.05) is 12.1 Å². The predicted molar refractivity (Wildman–Crippen MR) is 93.7 cm³/mol. The van der Waals surface area contributed by atoms with E-state index in [4.69, 9.17) is 9.47 Å². The van der Waals surface area contributed by atoms with Crippen molar-refractivity contribution < 1.29 is 23.9 Å². The molecule has 0 unspecified atom stereocenters. The quantitative estimate of drug-likeness (QED) is 0.792. The Morgan fingerprint density at radius 1 is 0.962 bits per heavy atom. The molecule has 1 heterocycles. The number of nitrogens with zero attached hydrogens (tertiary/aromatic N) is 1. The lowest BCUT2D eigenvalue weighted by molar-refractivity contribution is -0.146. The molecule has 0 spiro atoms. The number of methoxy groups -OCH3 is 2. The molecule has 0 N–H and O–H groups in total. The lowest BCUT2D eigenvalue weighted by atomic mass is 9.92. The summed E-state index contributed by atoms with van der Waals surface area (Å²) in [7, 11) is 2.59. The molecule has 6 heteroatoms. The van der Waals surface area contributed by atoms with Crippen LogP contribution in [0.2, 0.25) is 0 Å². The van der Waals surface area contributed by atoms with Crippen molar-refractivity contribution in [2.45, 2.75) is 12.5 Å². The van der Waals surface area contributed by atoms with Crippen LogP contribution in [0.5, 0.6) is 0 Å². The third kappa shape index (κ3) is 3.18. The largest absolute Gasteiger partial charge is 0.467 e. The van der Waals surface area contributed by atoms with Crippen LogP contribution in [-0.2, 0) is 20.7 Å². The molecular formula is C20H19NO5. The van der Waals surface area contributed by atoms with Gasteiger partial charge in [0.25, 0.3) is 5.91 Å². The van der Waals surface area contributed by atoms with Crippen LogP contribution in [0, 0.1) is 0 Å². The van der Waals surface area contributed by atoms with Crippen LogP contribution in [0.4, 0.5) is 0 Å². The van der Waals surface area contributed by atoms with Crippen molar-refractivity contribution >= 4 is 17.8 Å². The van der Waals surface area contributed by atoms with E-state index < -0.39 is 18.0 Å². The van der Waals surface area contributed by atoms with Crippen molar-refractivity contribution in [3.8, 4) is 0 Å². The van der Waals surface area contributed by atoms with Gasteiger partial charge in [0.05, 0.1) is 19.8 Å². The Hall–Kier alpha value is -3.15. The molecule has 0 radical (unpaired) electrons. The van der Waals surface area contributed by atoms with Crippen LogP contribution >= 0.6 is 0 Å². The van der Waals surface area contributed by atoms with E-state index in [1.54, 1.807) is 18.2 Å². The highest BCUT2D eigenvalue weighted by Crippen LogP contribution is 2.32. The molecule has 0 bridgehead atoms. The molecule has 1 amide bonds. The van der Waals surface area contributed by atoms with Crippen LogP contribution in [0.1, 0.15) is 37.9 Å². The molecule has 0 aliphatic carbocycles. The first-order valence-corrected chi connectivity index (χ1v) is 8.21. The fourth-order valence-corrected chi connectivity index (χ4v) is 3.21. The van der Waals surface area contributed by atoms with Crippen LogP contribution in [-0.4, -0.2) is 43.5 Å². The van der Waals surface area contributed by atoms with Gasteiger partial charge in [-0.15, -0.1) is 0 Å². The first-order chi connectivity index (χ1) is 12.6. The molecule has 6 nitrogen and oxygen atoms in total. The Kier molecular flexibility index (Phi) is 5.02. The number of amides is 1. The summed E-state index contributed by atoms with van der Waals surface area (Å²) in [4.78, 5) is 38.7. The second kappa shape index (κ2) is 7.39. The summed E-state index contributed by atoms with van der Waals surface area (Å²) < 4.78 is 9.64. The van der Waals surface area contributed by atoms with E-state index in [0.29, 0.717) is 18.5 Å². The molecule has 0 aromatic heterocycles. The fraction of sp³-hybridized carbons (Fsp3) is 0.250. The summed E-state index contributed by atoms with van der Waals surface area (Å²) >= 11 is 0. The van der Waals surface area contributed by atoms with Gasteiger partial charge in [0.15, 0.2) is 6.04 Å². The summed E-state index contributed by atoms with van der Waals surface area (Å²) in [5, 5.41) is 0. The highest BCUT2D eigenvalue weighted by molar-refractivity contribution is 6.00. The Morgan fingerprint density at radius 2 is 1.69 bits per heavy atom. The minimum absolute atomic E-state index is 0.283. The number of ether oxygens (including phenoxy) is 2. The molecule has 1 atom stereocenters. The predicted octanol–water partition coefficient (Wildman–Crippen LogP) is 2.39. The highest BCUT2D eigenvalue weighted by atomic mass is 16.5. The van der Waals surface area contributed by atoms with E-state index in [9.17, 15) is 14.4 Å². The van der Waals surface area contributed by atoms with Gasteiger partial charge in [0.2, 0.25) is 0 Å². The van der Waals surface area contributed by atoms with Crippen LogP contribution < -0.4 is 0 Å². The van der Waals surface area contributed by atoms with E-state index in [1.165, 1.54) is 25.2 Å². The molecule has 0 saturated heterocycles. The van der Waals surface area contributed by atoms with Crippen molar-refractivity contribution in [3.63, 3.8) is 0 Å². The summed E-state index contributed by atoms with van der Waals surface area (Å²) in [6, 6.07) is 13.0. The van der Waals surface area contributed by atoms with E-state index in [2.05, 4.69) is 0 Å². The Bertz CT molecular complexity index is 861. The van der Waals surface area contributed by atoms with Crippen LogP contribution in [0.3, 0.4) is 0 Å². The van der Waals surface area contributed by atoms with Gasteiger partial charge in [-0.05, 0) is 35.7 Å². The maximum Gasteiger partial charge on any atom is 0.337 e. The van der Waals surface area contributed by atoms with Gasteiger partial charge in [-0.3, -0.25) is 4.79 Å². The molecule has 2 aromatic rings. The molecule has 1 aliphatic rings. The molecule has 26 heavy (non-hydrogen) atoms. The van der Waals surface area contributed by atoms with Crippen molar-refractivity contribution in [1.82, 2.24) is 4.90 Å². The number of benzene rings is 2. The number of hydrogen-bond donors (Lipinski definition) is 0. The maximum absolute atomic E-state index is 13.1. The van der Waals surface area contributed by atoms with Crippen molar-refractivity contribution in [2.24, 2.45) is 0 Å². The number of carbonyl (C=O) groups excluding carboxylic acids is 3. The minimum atomic E-state index is -0.806. The second-order valence-electron chi connectivity index (χ2n) is 5.95. The average molecular weight is 353 g/mol. The standard InChI is InChI=1S/C20H19NO5/c1-25-19(23)15-8-5-7-14(12-15)18(22)21-11-10-13-6-3-4-9-16(13)17(21)20(24)26-2/h3-9,12,17H,10-11H2,1-2H3/t17-/m0/s1. The molecule has 1 aliphatic heterocycles. The summed E-state index contributed by atoms with van der Waals surface area (Å²) in [5.74, 6) is -1.34. The third-order valence-electron chi connectivity index (χ3n) is 4.50. The number of rotatable bonds is 3. The Morgan fingerprint density at radius 3 is 2.42 bits per heavy atom. The van der Waals surface area contributed by atoms with Gasteiger partial charge < -0.3 is 14.4 Å². The van der Waals surface area contributed by atoms with E-state index in [0.717, 1.165) is 11.1 Å². The Labute approximate surface area is 151 Å². The number of carbonyl (C=O) groups is 3. The fourth-order valence-electron chi connectivity index (χ4n) is 3.21. The number of esters is 2. The van der Waals surface area contributed by atoms with Crippen LogP contribution in [0.25, 0.3) is 0 Å². The normalized spacial score (nSPS) is 15.8. The molecule has 0 saturated carbocycles. The summed E-state index contributed by atoms with van der Waals surface area (Å²) in [6.45, 7) is 0.387.